The van der Waals surface area contributed by atoms with E-state index in [2.05, 4.69) is 33.9 Å². The van der Waals surface area contributed by atoms with Crippen LogP contribution < -0.4 is 0 Å². The molecule has 0 aromatic rings. The minimum atomic E-state index is -3.32. The van der Waals surface area contributed by atoms with Gasteiger partial charge in [-0.25, -0.2) is 0 Å². The van der Waals surface area contributed by atoms with E-state index in [1.165, 1.54) is 0 Å². The molecule has 1 aliphatic rings. The summed E-state index contributed by atoms with van der Waals surface area (Å²) in [6.45, 7) is 11.0. The second-order valence-electron chi connectivity index (χ2n) is 6.39. The van der Waals surface area contributed by atoms with Crippen LogP contribution in [0.4, 0.5) is 0 Å². The molecule has 0 aliphatic heterocycles. The van der Waals surface area contributed by atoms with Gasteiger partial charge in [0.1, 0.15) is 0 Å². The van der Waals surface area contributed by atoms with Crippen molar-refractivity contribution in [1.82, 2.24) is 0 Å². The summed E-state index contributed by atoms with van der Waals surface area (Å²) in [5.41, 5.74) is 0. The van der Waals surface area contributed by atoms with Crippen LogP contribution in [0.2, 0.25) is 18.1 Å². The zero-order valence-electron chi connectivity index (χ0n) is 11.6. The van der Waals surface area contributed by atoms with Gasteiger partial charge in [-0.05, 0) is 18.1 Å². The largest absolute Gasteiger partial charge is 0.414 e. The van der Waals surface area contributed by atoms with Crippen LogP contribution in [-0.2, 0) is 18.7 Å². The maximum absolute atomic E-state index is 10.9. The molecule has 102 valence electrons. The Morgan fingerprint density at radius 1 is 1.12 bits per heavy atom. The lowest BCUT2D eigenvalue weighted by Crippen LogP contribution is -2.49. The zero-order valence-corrected chi connectivity index (χ0v) is 13.4. The van der Waals surface area contributed by atoms with E-state index in [1.807, 2.05) is 0 Å². The Balaban J connectivity index is 2.40. The second kappa shape index (κ2) is 4.64. The Hall–Kier alpha value is 0.0869. The lowest BCUT2D eigenvalue weighted by atomic mass is 9.93. The van der Waals surface area contributed by atoms with E-state index in [0.717, 1.165) is 6.26 Å². The van der Waals surface area contributed by atoms with Gasteiger partial charge >= 0.3 is 0 Å². The number of hydrogen-bond donors (Lipinski definition) is 0. The summed E-state index contributed by atoms with van der Waals surface area (Å²) in [4.78, 5) is 0. The SMILES string of the molecule is CC(C)(C)[Si](C)(C)OC1CC(OS(C)(=O)=O)C1. The molecule has 0 unspecified atom stereocenters. The van der Waals surface area contributed by atoms with Gasteiger partial charge in [0.25, 0.3) is 10.1 Å². The van der Waals surface area contributed by atoms with Gasteiger partial charge in [0.2, 0.25) is 0 Å². The second-order valence-corrected chi connectivity index (χ2v) is 12.8. The zero-order chi connectivity index (χ0) is 13.5. The van der Waals surface area contributed by atoms with Crippen LogP contribution in [0.1, 0.15) is 33.6 Å². The summed E-state index contributed by atoms with van der Waals surface area (Å²) in [5.74, 6) is 0. The van der Waals surface area contributed by atoms with Crippen molar-refractivity contribution in [2.45, 2.75) is 64.0 Å². The maximum Gasteiger partial charge on any atom is 0.264 e. The third-order valence-electron chi connectivity index (χ3n) is 3.63. The molecule has 0 spiro atoms. The van der Waals surface area contributed by atoms with Crippen molar-refractivity contribution >= 4 is 18.4 Å². The number of rotatable bonds is 4. The fourth-order valence-corrected chi connectivity index (χ4v) is 3.56. The summed E-state index contributed by atoms with van der Waals surface area (Å²) < 4.78 is 32.9. The van der Waals surface area contributed by atoms with E-state index in [0.29, 0.717) is 12.8 Å². The Morgan fingerprint density at radius 3 is 1.94 bits per heavy atom. The van der Waals surface area contributed by atoms with Crippen molar-refractivity contribution in [2.24, 2.45) is 0 Å². The predicted molar refractivity (Wildman–Crippen MR) is 71.0 cm³/mol. The standard InChI is InChI=1S/C11H24O4SSi/c1-11(2,3)17(5,6)15-10-7-9(8-10)14-16(4,12)13/h9-10H,7-8H2,1-6H3. The van der Waals surface area contributed by atoms with Gasteiger partial charge in [0.15, 0.2) is 8.32 Å². The van der Waals surface area contributed by atoms with E-state index in [-0.39, 0.29) is 17.2 Å². The topological polar surface area (TPSA) is 52.6 Å². The van der Waals surface area contributed by atoms with Crippen LogP contribution in [0.25, 0.3) is 0 Å². The molecule has 1 saturated carbocycles. The van der Waals surface area contributed by atoms with E-state index in [4.69, 9.17) is 8.61 Å². The average Bonchev–Trinajstić information content (AvgIpc) is 1.94. The summed E-state index contributed by atoms with van der Waals surface area (Å²) in [5, 5.41) is 0.190. The first kappa shape index (κ1) is 15.1. The van der Waals surface area contributed by atoms with Gasteiger partial charge in [-0.15, -0.1) is 0 Å². The van der Waals surface area contributed by atoms with Crippen LogP contribution in [0.3, 0.4) is 0 Å². The molecule has 0 atom stereocenters. The highest BCUT2D eigenvalue weighted by atomic mass is 32.2. The van der Waals surface area contributed by atoms with Crippen LogP contribution >= 0.6 is 0 Å². The fourth-order valence-electron chi connectivity index (χ4n) is 1.53. The third kappa shape index (κ3) is 4.35. The molecule has 0 bridgehead atoms. The average molecular weight is 280 g/mol. The van der Waals surface area contributed by atoms with E-state index >= 15 is 0 Å². The summed E-state index contributed by atoms with van der Waals surface area (Å²) >= 11 is 0. The van der Waals surface area contributed by atoms with Crippen molar-refractivity contribution in [3.8, 4) is 0 Å². The van der Waals surface area contributed by atoms with Crippen LogP contribution in [0.5, 0.6) is 0 Å². The van der Waals surface area contributed by atoms with Crippen LogP contribution in [-0.4, -0.2) is 35.2 Å². The quantitative estimate of drug-likeness (QED) is 0.586. The summed E-state index contributed by atoms with van der Waals surface area (Å²) in [6, 6.07) is 0. The Bertz CT molecular complexity index is 363. The van der Waals surface area contributed by atoms with E-state index < -0.39 is 18.4 Å². The summed E-state index contributed by atoms with van der Waals surface area (Å²) in [7, 11) is -5.05. The monoisotopic (exact) mass is 280 g/mol. The lowest BCUT2D eigenvalue weighted by Gasteiger charge is -2.44. The molecule has 17 heavy (non-hydrogen) atoms. The minimum Gasteiger partial charge on any atom is -0.414 e. The molecule has 0 saturated heterocycles. The third-order valence-corrected chi connectivity index (χ3v) is 8.79. The van der Waals surface area contributed by atoms with Crippen molar-refractivity contribution < 1.29 is 17.0 Å². The van der Waals surface area contributed by atoms with Gasteiger partial charge in [-0.1, -0.05) is 20.8 Å². The molecule has 0 heterocycles. The molecule has 6 heteroatoms. The molecular formula is C11H24O4SSi. The van der Waals surface area contributed by atoms with Gasteiger partial charge in [0, 0.05) is 12.8 Å². The van der Waals surface area contributed by atoms with Crippen LogP contribution in [0.15, 0.2) is 0 Å². The molecule has 1 aliphatic carbocycles. The summed E-state index contributed by atoms with van der Waals surface area (Å²) in [6.07, 6.45) is 2.47. The minimum absolute atomic E-state index is 0.169. The lowest BCUT2D eigenvalue weighted by molar-refractivity contribution is 0.000923. The molecule has 4 nitrogen and oxygen atoms in total. The molecule has 0 aromatic heterocycles. The van der Waals surface area contributed by atoms with Crippen molar-refractivity contribution in [1.29, 1.82) is 0 Å². The highest BCUT2D eigenvalue weighted by Crippen LogP contribution is 2.40. The Kier molecular flexibility index (Phi) is 4.14. The molecule has 0 aromatic carbocycles. The van der Waals surface area contributed by atoms with Crippen molar-refractivity contribution in [3.63, 3.8) is 0 Å². The first-order chi connectivity index (χ1) is 7.41. The van der Waals surface area contributed by atoms with Gasteiger partial charge in [0.05, 0.1) is 18.5 Å². The van der Waals surface area contributed by atoms with Gasteiger partial charge in [-0.3, -0.25) is 4.18 Å². The van der Waals surface area contributed by atoms with Crippen molar-refractivity contribution in [3.05, 3.63) is 0 Å². The maximum atomic E-state index is 10.9. The normalized spacial score (nSPS) is 26.7. The first-order valence-corrected chi connectivity index (χ1v) is 10.7. The van der Waals surface area contributed by atoms with Gasteiger partial charge < -0.3 is 4.43 Å². The highest BCUT2D eigenvalue weighted by Gasteiger charge is 2.43. The smallest absolute Gasteiger partial charge is 0.264 e. The fraction of sp³-hybridized carbons (Fsp3) is 1.00. The first-order valence-electron chi connectivity index (χ1n) is 5.97. The predicted octanol–water partition coefficient (Wildman–Crippen LogP) is 2.52. The molecular weight excluding hydrogens is 256 g/mol. The van der Waals surface area contributed by atoms with E-state index in [1.54, 1.807) is 0 Å². The molecule has 1 fully saturated rings. The van der Waals surface area contributed by atoms with Gasteiger partial charge in [-0.2, -0.15) is 8.42 Å². The molecule has 0 amide bonds. The van der Waals surface area contributed by atoms with Crippen molar-refractivity contribution in [2.75, 3.05) is 6.26 Å². The highest BCUT2D eigenvalue weighted by molar-refractivity contribution is 7.86. The Labute approximate surface area is 106 Å². The molecule has 1 rings (SSSR count). The number of hydrogen-bond acceptors (Lipinski definition) is 4. The van der Waals surface area contributed by atoms with Crippen LogP contribution in [0, 0.1) is 0 Å². The molecule has 0 radical (unpaired) electrons. The van der Waals surface area contributed by atoms with E-state index in [9.17, 15) is 8.42 Å². The molecule has 0 N–H and O–H groups in total. The Morgan fingerprint density at radius 2 is 1.59 bits per heavy atom.